The van der Waals surface area contributed by atoms with E-state index in [1.807, 2.05) is 17.0 Å². The molecule has 3 heterocycles. The first kappa shape index (κ1) is 17.1. The van der Waals surface area contributed by atoms with Gasteiger partial charge in [0.2, 0.25) is 5.91 Å². The summed E-state index contributed by atoms with van der Waals surface area (Å²) in [4.78, 5) is 28.5. The Morgan fingerprint density at radius 2 is 1.96 bits per heavy atom. The van der Waals surface area contributed by atoms with Crippen LogP contribution in [0.25, 0.3) is 0 Å². The van der Waals surface area contributed by atoms with Gasteiger partial charge < -0.3 is 20.4 Å². The van der Waals surface area contributed by atoms with Gasteiger partial charge >= 0.3 is 6.03 Å². The number of hydrogen-bond donors (Lipinski definition) is 2. The number of nitrogens with zero attached hydrogens (tertiary/aromatic N) is 4. The molecule has 0 bridgehead atoms. The number of aromatic nitrogens is 2. The molecule has 4 rings (SSSR count). The van der Waals surface area contributed by atoms with Crippen LogP contribution in [0.4, 0.5) is 10.6 Å². The first-order valence-electron chi connectivity index (χ1n) is 9.49. The van der Waals surface area contributed by atoms with E-state index in [9.17, 15) is 9.59 Å². The van der Waals surface area contributed by atoms with Crippen LogP contribution >= 0.6 is 0 Å². The Balaban J connectivity index is 1.21. The number of amides is 3. The number of anilines is 1. The SMILES string of the molecule is CC1CC1N1CC(NC(=O)NC2CCN(c3cccnn3)CC2)CC1=O. The second kappa shape index (κ2) is 7.09. The molecule has 3 fully saturated rings. The molecule has 3 amide bonds. The highest BCUT2D eigenvalue weighted by molar-refractivity contribution is 5.82. The summed E-state index contributed by atoms with van der Waals surface area (Å²) in [6.07, 6.45) is 4.93. The summed E-state index contributed by atoms with van der Waals surface area (Å²) in [6, 6.07) is 4.15. The first-order valence-corrected chi connectivity index (χ1v) is 9.49. The fraction of sp³-hybridized carbons (Fsp3) is 0.667. The van der Waals surface area contributed by atoms with Crippen molar-refractivity contribution in [3.63, 3.8) is 0 Å². The van der Waals surface area contributed by atoms with Gasteiger partial charge in [0.1, 0.15) is 0 Å². The molecule has 8 nitrogen and oxygen atoms in total. The first-order chi connectivity index (χ1) is 12.6. The largest absolute Gasteiger partial charge is 0.355 e. The van der Waals surface area contributed by atoms with Gasteiger partial charge in [-0.2, -0.15) is 5.10 Å². The maximum atomic E-state index is 12.3. The maximum Gasteiger partial charge on any atom is 0.315 e. The Bertz CT molecular complexity index is 661. The Morgan fingerprint density at radius 1 is 1.23 bits per heavy atom. The van der Waals surface area contributed by atoms with Crippen molar-refractivity contribution >= 4 is 17.8 Å². The molecule has 1 aromatic rings. The number of urea groups is 1. The van der Waals surface area contributed by atoms with E-state index in [-0.39, 0.29) is 24.0 Å². The molecule has 3 atom stereocenters. The van der Waals surface area contributed by atoms with E-state index in [4.69, 9.17) is 0 Å². The average molecular weight is 358 g/mol. The van der Waals surface area contributed by atoms with Crippen LogP contribution < -0.4 is 15.5 Å². The van der Waals surface area contributed by atoms with Crippen LogP contribution in [0.2, 0.25) is 0 Å². The van der Waals surface area contributed by atoms with Gasteiger partial charge in [-0.15, -0.1) is 5.10 Å². The van der Waals surface area contributed by atoms with E-state index in [1.165, 1.54) is 0 Å². The highest BCUT2D eigenvalue weighted by Gasteiger charge is 2.44. The minimum atomic E-state index is -0.161. The third-order valence-electron chi connectivity index (χ3n) is 5.67. The lowest BCUT2D eigenvalue weighted by molar-refractivity contribution is -0.128. The lowest BCUT2D eigenvalue weighted by Gasteiger charge is -2.33. The molecule has 1 aromatic heterocycles. The smallest absolute Gasteiger partial charge is 0.315 e. The number of hydrogen-bond acceptors (Lipinski definition) is 5. The van der Waals surface area contributed by atoms with Crippen molar-refractivity contribution in [1.29, 1.82) is 0 Å². The minimum absolute atomic E-state index is 0.0741. The Kier molecular flexibility index (Phi) is 4.65. The normalized spacial score (nSPS) is 29.0. The number of carbonyl (C=O) groups is 2. The zero-order chi connectivity index (χ0) is 18.1. The summed E-state index contributed by atoms with van der Waals surface area (Å²) in [5.74, 6) is 1.65. The Morgan fingerprint density at radius 3 is 2.62 bits per heavy atom. The highest BCUT2D eigenvalue weighted by Crippen LogP contribution is 2.37. The second-order valence-corrected chi connectivity index (χ2v) is 7.69. The lowest BCUT2D eigenvalue weighted by Crippen LogP contribution is -2.50. The molecule has 140 valence electrons. The van der Waals surface area contributed by atoms with Crippen molar-refractivity contribution in [3.8, 4) is 0 Å². The van der Waals surface area contributed by atoms with Crippen molar-refractivity contribution in [3.05, 3.63) is 18.3 Å². The fourth-order valence-corrected chi connectivity index (χ4v) is 4.01. The van der Waals surface area contributed by atoms with Crippen LogP contribution in [-0.2, 0) is 4.79 Å². The molecule has 3 aliphatic rings. The van der Waals surface area contributed by atoms with Gasteiger partial charge in [0.25, 0.3) is 0 Å². The van der Waals surface area contributed by atoms with E-state index >= 15 is 0 Å². The molecule has 0 spiro atoms. The van der Waals surface area contributed by atoms with Gasteiger partial charge in [0.15, 0.2) is 5.82 Å². The van der Waals surface area contributed by atoms with Gasteiger partial charge in [-0.25, -0.2) is 4.79 Å². The number of piperidine rings is 1. The molecule has 1 saturated carbocycles. The summed E-state index contributed by atoms with van der Waals surface area (Å²) < 4.78 is 0. The van der Waals surface area contributed by atoms with Gasteiger partial charge in [0.05, 0.1) is 6.04 Å². The van der Waals surface area contributed by atoms with E-state index < -0.39 is 0 Å². The average Bonchev–Trinajstić information content (AvgIpc) is 3.25. The molecule has 0 radical (unpaired) electrons. The topological polar surface area (TPSA) is 90.5 Å². The molecule has 3 unspecified atom stereocenters. The molecule has 8 heteroatoms. The van der Waals surface area contributed by atoms with Crippen LogP contribution in [0.15, 0.2) is 18.3 Å². The zero-order valence-electron chi connectivity index (χ0n) is 15.1. The predicted octanol–water partition coefficient (Wildman–Crippen LogP) is 0.754. The van der Waals surface area contributed by atoms with E-state index in [0.717, 1.165) is 38.2 Å². The Labute approximate surface area is 153 Å². The zero-order valence-corrected chi connectivity index (χ0v) is 15.1. The van der Waals surface area contributed by atoms with Crippen molar-refractivity contribution in [2.45, 2.75) is 50.7 Å². The van der Waals surface area contributed by atoms with Crippen molar-refractivity contribution in [1.82, 2.24) is 25.7 Å². The summed E-state index contributed by atoms with van der Waals surface area (Å²) in [6.45, 7) is 4.50. The van der Waals surface area contributed by atoms with E-state index in [1.54, 1.807) is 6.20 Å². The quantitative estimate of drug-likeness (QED) is 0.829. The number of rotatable bonds is 4. The second-order valence-electron chi connectivity index (χ2n) is 7.69. The standard InChI is InChI=1S/C18H26N6O2/c1-12-9-15(12)24-11-14(10-17(24)25)21-18(26)20-13-4-7-23(8-5-13)16-3-2-6-19-22-16/h2-3,6,12-15H,4-5,7-11H2,1H3,(H2,20,21,26). The molecule has 2 N–H and O–H groups in total. The lowest BCUT2D eigenvalue weighted by atomic mass is 10.1. The molecular weight excluding hydrogens is 332 g/mol. The molecule has 2 saturated heterocycles. The van der Waals surface area contributed by atoms with Crippen molar-refractivity contribution < 1.29 is 9.59 Å². The van der Waals surface area contributed by atoms with E-state index in [2.05, 4.69) is 32.7 Å². The van der Waals surface area contributed by atoms with Crippen LogP contribution in [0.1, 0.15) is 32.6 Å². The van der Waals surface area contributed by atoms with Gasteiger partial charge in [-0.05, 0) is 37.3 Å². The third-order valence-corrected chi connectivity index (χ3v) is 5.67. The molecule has 0 aromatic carbocycles. The minimum Gasteiger partial charge on any atom is -0.355 e. The number of carbonyl (C=O) groups excluding carboxylic acids is 2. The van der Waals surface area contributed by atoms with Crippen molar-refractivity contribution in [2.24, 2.45) is 5.92 Å². The van der Waals surface area contributed by atoms with Crippen LogP contribution in [0, 0.1) is 5.92 Å². The highest BCUT2D eigenvalue weighted by atomic mass is 16.2. The predicted molar refractivity (Wildman–Crippen MR) is 96.6 cm³/mol. The molecular formula is C18H26N6O2. The van der Waals surface area contributed by atoms with Crippen LogP contribution in [-0.4, -0.2) is 64.8 Å². The molecule has 26 heavy (non-hydrogen) atoms. The number of nitrogens with one attached hydrogen (secondary N) is 2. The summed E-state index contributed by atoms with van der Waals surface area (Å²) in [7, 11) is 0. The van der Waals surface area contributed by atoms with Gasteiger partial charge in [0, 0.05) is 44.3 Å². The summed E-state index contributed by atoms with van der Waals surface area (Å²) >= 11 is 0. The van der Waals surface area contributed by atoms with E-state index in [0.29, 0.717) is 24.9 Å². The third kappa shape index (κ3) is 3.73. The fourth-order valence-electron chi connectivity index (χ4n) is 4.01. The Hall–Kier alpha value is -2.38. The van der Waals surface area contributed by atoms with Crippen LogP contribution in [0.3, 0.4) is 0 Å². The number of likely N-dealkylation sites (tertiary alicyclic amines) is 1. The summed E-state index contributed by atoms with van der Waals surface area (Å²) in [5, 5.41) is 14.1. The molecule has 1 aliphatic carbocycles. The monoisotopic (exact) mass is 358 g/mol. The summed E-state index contributed by atoms with van der Waals surface area (Å²) in [5.41, 5.74) is 0. The van der Waals surface area contributed by atoms with Crippen molar-refractivity contribution in [2.75, 3.05) is 24.5 Å². The maximum absolute atomic E-state index is 12.3. The van der Waals surface area contributed by atoms with Crippen LogP contribution in [0.5, 0.6) is 0 Å². The van der Waals surface area contributed by atoms with Gasteiger partial charge in [-0.1, -0.05) is 6.92 Å². The van der Waals surface area contributed by atoms with Gasteiger partial charge in [-0.3, -0.25) is 4.79 Å². The molecule has 2 aliphatic heterocycles.